The van der Waals surface area contributed by atoms with E-state index >= 15 is 0 Å². The van der Waals surface area contributed by atoms with E-state index in [4.69, 9.17) is 23.7 Å². The zero-order valence-corrected chi connectivity index (χ0v) is 18.4. The van der Waals surface area contributed by atoms with Crippen LogP contribution >= 0.6 is 17.2 Å². The number of nitrogens with zero attached hydrogens (tertiary/aromatic N) is 1. The minimum absolute atomic E-state index is 0.474. The SMILES string of the molecule is CCOCCN(CCPC(C)(OC)OC)CCPC(C)(OC)OC. The molecule has 6 nitrogen and oxygen atoms in total. The lowest BCUT2D eigenvalue weighted by Crippen LogP contribution is -2.34. The summed E-state index contributed by atoms with van der Waals surface area (Å²) < 4.78 is 27.3. The van der Waals surface area contributed by atoms with Gasteiger partial charge in [-0.3, -0.25) is 0 Å². The average molecular weight is 385 g/mol. The molecule has 0 N–H and O–H groups in total. The van der Waals surface area contributed by atoms with Gasteiger partial charge in [-0.1, -0.05) is 17.2 Å². The van der Waals surface area contributed by atoms with Gasteiger partial charge in [-0.2, -0.15) is 0 Å². The number of hydrogen-bond acceptors (Lipinski definition) is 6. The summed E-state index contributed by atoms with van der Waals surface area (Å²) in [4.78, 5) is 2.44. The lowest BCUT2D eigenvalue weighted by Gasteiger charge is -2.30. The van der Waals surface area contributed by atoms with Gasteiger partial charge in [0.15, 0.2) is 11.1 Å². The molecule has 0 aliphatic rings. The largest absolute Gasteiger partial charge is 0.380 e. The monoisotopic (exact) mass is 385 g/mol. The van der Waals surface area contributed by atoms with Crippen molar-refractivity contribution in [2.75, 3.05) is 73.6 Å². The molecule has 0 heterocycles. The molecule has 0 fully saturated rings. The van der Waals surface area contributed by atoms with E-state index in [0.717, 1.165) is 45.2 Å². The molecule has 0 amide bonds. The Kier molecular flexibility index (Phi) is 14.1. The molecular weight excluding hydrogens is 348 g/mol. The first-order chi connectivity index (χ1) is 11.4. The quantitative estimate of drug-likeness (QED) is 0.231. The maximum absolute atomic E-state index is 5.51. The van der Waals surface area contributed by atoms with Gasteiger partial charge < -0.3 is 28.6 Å². The summed E-state index contributed by atoms with van der Waals surface area (Å²) in [5.74, 6) is 0. The van der Waals surface area contributed by atoms with Gasteiger partial charge in [0.1, 0.15) is 0 Å². The van der Waals surface area contributed by atoms with Gasteiger partial charge >= 0.3 is 0 Å². The highest BCUT2D eigenvalue weighted by molar-refractivity contribution is 7.39. The second kappa shape index (κ2) is 13.8. The van der Waals surface area contributed by atoms with Crippen LogP contribution in [0.4, 0.5) is 0 Å². The Morgan fingerprint density at radius 2 is 1.17 bits per heavy atom. The number of rotatable bonds is 16. The fourth-order valence-corrected chi connectivity index (χ4v) is 4.35. The molecule has 0 aliphatic carbocycles. The van der Waals surface area contributed by atoms with Crippen molar-refractivity contribution in [1.82, 2.24) is 4.90 Å². The van der Waals surface area contributed by atoms with E-state index in [-0.39, 0.29) is 0 Å². The van der Waals surface area contributed by atoms with E-state index < -0.39 is 11.1 Å². The Labute approximate surface area is 151 Å². The molecule has 0 saturated heterocycles. The Morgan fingerprint density at radius 1 is 0.750 bits per heavy atom. The molecule has 0 aromatic carbocycles. The summed E-state index contributed by atoms with van der Waals surface area (Å²) in [7, 11) is 7.97. The third kappa shape index (κ3) is 10.6. The molecule has 24 heavy (non-hydrogen) atoms. The smallest absolute Gasteiger partial charge is 0.180 e. The van der Waals surface area contributed by atoms with Crippen LogP contribution in [-0.2, 0) is 23.7 Å². The lowest BCUT2D eigenvalue weighted by atomic mass is 10.5. The standard InChI is InChI=1S/C16H37NO5P2/c1-8-22-12-9-17(10-13-23-15(2,18-4)19-5)11-14-24-16(3,20-6)21-7/h23-24H,8-14H2,1-7H3. The first-order valence-corrected chi connectivity index (χ1v) is 10.8. The van der Waals surface area contributed by atoms with Crippen LogP contribution < -0.4 is 0 Å². The molecular formula is C16H37NO5P2. The molecule has 0 spiro atoms. The van der Waals surface area contributed by atoms with Gasteiger partial charge in [-0.15, -0.1) is 0 Å². The van der Waals surface area contributed by atoms with Crippen LogP contribution in [0.5, 0.6) is 0 Å². The fourth-order valence-electron chi connectivity index (χ4n) is 2.01. The molecule has 0 aromatic heterocycles. The van der Waals surface area contributed by atoms with Gasteiger partial charge in [0.2, 0.25) is 0 Å². The highest BCUT2D eigenvalue weighted by Gasteiger charge is 2.23. The molecule has 0 saturated carbocycles. The topological polar surface area (TPSA) is 49.4 Å². The minimum atomic E-state index is -0.474. The van der Waals surface area contributed by atoms with Gasteiger partial charge in [0.25, 0.3) is 0 Å². The van der Waals surface area contributed by atoms with Crippen molar-refractivity contribution >= 4 is 17.2 Å². The Morgan fingerprint density at radius 3 is 1.50 bits per heavy atom. The third-order valence-electron chi connectivity index (χ3n) is 4.06. The van der Waals surface area contributed by atoms with E-state index in [1.54, 1.807) is 28.4 Å². The van der Waals surface area contributed by atoms with Gasteiger partial charge in [-0.25, -0.2) is 0 Å². The second-order valence-corrected chi connectivity index (χ2v) is 9.12. The van der Waals surface area contributed by atoms with E-state index in [2.05, 4.69) is 4.90 Å². The Bertz CT molecular complexity index is 278. The molecule has 146 valence electrons. The summed E-state index contributed by atoms with van der Waals surface area (Å²) >= 11 is 0. The number of hydrogen-bond donors (Lipinski definition) is 0. The van der Waals surface area contributed by atoms with Crippen LogP contribution in [0.1, 0.15) is 20.8 Å². The zero-order valence-electron chi connectivity index (χ0n) is 16.4. The molecule has 8 heteroatoms. The molecule has 0 bridgehead atoms. The third-order valence-corrected chi connectivity index (χ3v) is 7.11. The summed E-state index contributed by atoms with van der Waals surface area (Å²) in [6.45, 7) is 10.5. The van der Waals surface area contributed by atoms with Crippen LogP contribution in [0.25, 0.3) is 0 Å². The Hall–Kier alpha value is 0.620. The van der Waals surface area contributed by atoms with Crippen LogP contribution in [0.15, 0.2) is 0 Å². The molecule has 2 atom stereocenters. The van der Waals surface area contributed by atoms with Crippen molar-refractivity contribution < 1.29 is 23.7 Å². The minimum Gasteiger partial charge on any atom is -0.380 e. The predicted octanol–water partition coefficient (Wildman–Crippen LogP) is 2.61. The normalized spacial score (nSPS) is 14.0. The van der Waals surface area contributed by atoms with Crippen LogP contribution in [0, 0.1) is 0 Å². The van der Waals surface area contributed by atoms with Crippen molar-refractivity contribution in [3.63, 3.8) is 0 Å². The molecule has 0 rings (SSSR count). The first-order valence-electron chi connectivity index (χ1n) is 8.39. The van der Waals surface area contributed by atoms with E-state index in [9.17, 15) is 0 Å². The van der Waals surface area contributed by atoms with Crippen molar-refractivity contribution in [2.45, 2.75) is 31.8 Å². The molecule has 0 radical (unpaired) electrons. The second-order valence-electron chi connectivity index (χ2n) is 5.60. The van der Waals surface area contributed by atoms with E-state index in [1.165, 1.54) is 0 Å². The van der Waals surface area contributed by atoms with Crippen LogP contribution in [0.3, 0.4) is 0 Å². The summed E-state index contributed by atoms with van der Waals surface area (Å²) in [5.41, 5.74) is -0.948. The summed E-state index contributed by atoms with van der Waals surface area (Å²) in [6, 6.07) is 0. The van der Waals surface area contributed by atoms with Crippen molar-refractivity contribution in [3.05, 3.63) is 0 Å². The van der Waals surface area contributed by atoms with Crippen LogP contribution in [0.2, 0.25) is 0 Å². The maximum atomic E-state index is 5.51. The van der Waals surface area contributed by atoms with Crippen molar-refractivity contribution in [1.29, 1.82) is 0 Å². The van der Waals surface area contributed by atoms with Crippen molar-refractivity contribution in [3.8, 4) is 0 Å². The van der Waals surface area contributed by atoms with E-state index in [1.807, 2.05) is 20.8 Å². The summed E-state index contributed by atoms with van der Waals surface area (Å²) in [6.07, 6.45) is 2.08. The highest BCUT2D eigenvalue weighted by atomic mass is 31.1. The number of ether oxygens (including phenoxy) is 5. The van der Waals surface area contributed by atoms with Gasteiger partial charge in [0.05, 0.1) is 6.61 Å². The maximum Gasteiger partial charge on any atom is 0.180 e. The van der Waals surface area contributed by atoms with Crippen LogP contribution in [-0.4, -0.2) is 89.6 Å². The summed E-state index contributed by atoms with van der Waals surface area (Å²) in [5, 5.41) is 0. The number of methoxy groups -OCH3 is 4. The first kappa shape index (κ1) is 24.6. The fraction of sp³-hybridized carbons (Fsp3) is 1.00. The Balaban J connectivity index is 4.31. The highest BCUT2D eigenvalue weighted by Crippen LogP contribution is 2.34. The van der Waals surface area contributed by atoms with E-state index in [0.29, 0.717) is 17.2 Å². The lowest BCUT2D eigenvalue weighted by molar-refractivity contribution is -0.123. The average Bonchev–Trinajstić information content (AvgIpc) is 2.61. The van der Waals surface area contributed by atoms with Crippen molar-refractivity contribution in [2.24, 2.45) is 0 Å². The zero-order chi connectivity index (χ0) is 18.5. The molecule has 0 aromatic rings. The molecule has 0 aliphatic heterocycles. The van der Waals surface area contributed by atoms with Gasteiger partial charge in [0, 0.05) is 54.7 Å². The molecule has 2 unspecified atom stereocenters. The van der Waals surface area contributed by atoms with Gasteiger partial charge in [-0.05, 0) is 33.1 Å². The predicted molar refractivity (Wildman–Crippen MR) is 104 cm³/mol.